The predicted octanol–water partition coefficient (Wildman–Crippen LogP) is 2.99. The summed E-state index contributed by atoms with van der Waals surface area (Å²) in [6, 6.07) is 6.72. The molecule has 2 N–H and O–H groups in total. The SMILES string of the molecule is O=C(c1ccc[nH]1)N1CCN(Cc2c(Cl)ccc(O)c2Cl)CC1. The van der Waals surface area contributed by atoms with Gasteiger partial charge in [-0.05, 0) is 24.3 Å². The lowest BCUT2D eigenvalue weighted by atomic mass is 10.1. The molecule has 7 heteroatoms. The van der Waals surface area contributed by atoms with Crippen molar-refractivity contribution in [2.24, 2.45) is 0 Å². The lowest BCUT2D eigenvalue weighted by molar-refractivity contribution is 0.0623. The average Bonchev–Trinajstić information content (AvgIpc) is 3.10. The molecule has 0 atom stereocenters. The normalized spacial score (nSPS) is 15.8. The molecule has 0 bridgehead atoms. The summed E-state index contributed by atoms with van der Waals surface area (Å²) in [5.41, 5.74) is 1.33. The summed E-state index contributed by atoms with van der Waals surface area (Å²) in [7, 11) is 0. The highest BCUT2D eigenvalue weighted by molar-refractivity contribution is 6.36. The molecule has 1 aromatic heterocycles. The molecule has 0 aliphatic carbocycles. The van der Waals surface area contributed by atoms with Crippen molar-refractivity contribution in [1.29, 1.82) is 0 Å². The molecule has 1 aliphatic heterocycles. The third-order valence-electron chi connectivity index (χ3n) is 4.04. The Bertz CT molecular complexity index is 696. The number of amides is 1. The van der Waals surface area contributed by atoms with Gasteiger partial charge in [-0.15, -0.1) is 0 Å². The van der Waals surface area contributed by atoms with Gasteiger partial charge in [-0.1, -0.05) is 23.2 Å². The number of piperazine rings is 1. The number of aromatic amines is 1. The van der Waals surface area contributed by atoms with Crippen molar-refractivity contribution in [3.05, 3.63) is 51.8 Å². The molecule has 1 saturated heterocycles. The van der Waals surface area contributed by atoms with Crippen LogP contribution in [0.2, 0.25) is 10.0 Å². The molecule has 1 amide bonds. The first-order valence-corrected chi connectivity index (χ1v) is 8.12. The van der Waals surface area contributed by atoms with Crippen molar-refractivity contribution < 1.29 is 9.90 Å². The number of aromatic hydroxyl groups is 1. The van der Waals surface area contributed by atoms with Gasteiger partial charge in [0.1, 0.15) is 11.4 Å². The van der Waals surface area contributed by atoms with E-state index in [-0.39, 0.29) is 11.7 Å². The summed E-state index contributed by atoms with van der Waals surface area (Å²) in [6.45, 7) is 3.30. The molecule has 0 spiro atoms. The summed E-state index contributed by atoms with van der Waals surface area (Å²) in [6.07, 6.45) is 1.75. The molecule has 1 fully saturated rings. The van der Waals surface area contributed by atoms with Crippen LogP contribution in [0.3, 0.4) is 0 Å². The Morgan fingerprint density at radius 1 is 1.17 bits per heavy atom. The molecule has 2 heterocycles. The number of phenols is 1. The van der Waals surface area contributed by atoms with E-state index in [1.807, 2.05) is 11.0 Å². The number of H-pyrrole nitrogens is 1. The van der Waals surface area contributed by atoms with Crippen molar-refractivity contribution in [3.8, 4) is 5.75 Å². The van der Waals surface area contributed by atoms with E-state index in [1.165, 1.54) is 6.07 Å². The molecule has 3 rings (SSSR count). The number of phenolic OH excluding ortho intramolecular Hbond substituents is 1. The Morgan fingerprint density at radius 3 is 2.57 bits per heavy atom. The molecule has 1 aromatic carbocycles. The van der Waals surface area contributed by atoms with E-state index < -0.39 is 0 Å². The Morgan fingerprint density at radius 2 is 1.91 bits per heavy atom. The van der Waals surface area contributed by atoms with E-state index >= 15 is 0 Å². The first-order valence-electron chi connectivity index (χ1n) is 7.37. The van der Waals surface area contributed by atoms with Gasteiger partial charge < -0.3 is 15.0 Å². The smallest absolute Gasteiger partial charge is 0.270 e. The van der Waals surface area contributed by atoms with Gasteiger partial charge in [0.05, 0.1) is 5.02 Å². The Kier molecular flexibility index (Phi) is 4.80. The topological polar surface area (TPSA) is 59.6 Å². The van der Waals surface area contributed by atoms with Gasteiger partial charge in [-0.3, -0.25) is 9.69 Å². The van der Waals surface area contributed by atoms with Crippen molar-refractivity contribution in [1.82, 2.24) is 14.8 Å². The number of aromatic nitrogens is 1. The summed E-state index contributed by atoms with van der Waals surface area (Å²) in [5.74, 6) is 0.0506. The fraction of sp³-hybridized carbons (Fsp3) is 0.312. The number of rotatable bonds is 3. The van der Waals surface area contributed by atoms with E-state index in [1.54, 1.807) is 18.3 Å². The van der Waals surface area contributed by atoms with E-state index in [2.05, 4.69) is 9.88 Å². The Balaban J connectivity index is 1.62. The number of hydrogen-bond donors (Lipinski definition) is 2. The van der Waals surface area contributed by atoms with Crippen molar-refractivity contribution in [2.75, 3.05) is 26.2 Å². The number of nitrogens with zero attached hydrogens (tertiary/aromatic N) is 2. The molecular formula is C16H17Cl2N3O2. The molecule has 0 unspecified atom stereocenters. The number of carbonyl (C=O) groups excluding carboxylic acids is 1. The van der Waals surface area contributed by atoms with Crippen LogP contribution in [0, 0.1) is 0 Å². The fourth-order valence-electron chi connectivity index (χ4n) is 2.70. The molecule has 0 radical (unpaired) electrons. The minimum atomic E-state index is 0.0167. The fourth-order valence-corrected chi connectivity index (χ4v) is 3.19. The van der Waals surface area contributed by atoms with Crippen LogP contribution in [0.15, 0.2) is 30.5 Å². The van der Waals surface area contributed by atoms with Gasteiger partial charge in [0, 0.05) is 49.5 Å². The highest BCUT2D eigenvalue weighted by Gasteiger charge is 2.23. The zero-order chi connectivity index (χ0) is 16.4. The van der Waals surface area contributed by atoms with Crippen LogP contribution in [0.5, 0.6) is 5.75 Å². The van der Waals surface area contributed by atoms with E-state index in [9.17, 15) is 9.90 Å². The van der Waals surface area contributed by atoms with Gasteiger partial charge in [0.15, 0.2) is 0 Å². The predicted molar refractivity (Wildman–Crippen MR) is 90.1 cm³/mol. The van der Waals surface area contributed by atoms with Crippen LogP contribution in [0.4, 0.5) is 0 Å². The second kappa shape index (κ2) is 6.83. The maximum absolute atomic E-state index is 12.3. The number of nitrogens with one attached hydrogen (secondary N) is 1. The van der Waals surface area contributed by atoms with Crippen molar-refractivity contribution >= 4 is 29.1 Å². The Labute approximate surface area is 144 Å². The summed E-state index contributed by atoms with van der Waals surface area (Å²) < 4.78 is 0. The highest BCUT2D eigenvalue weighted by Crippen LogP contribution is 2.33. The minimum Gasteiger partial charge on any atom is -0.506 e. The lowest BCUT2D eigenvalue weighted by Crippen LogP contribution is -2.48. The van der Waals surface area contributed by atoms with Crippen LogP contribution in [-0.2, 0) is 6.54 Å². The first kappa shape index (κ1) is 16.2. The first-order chi connectivity index (χ1) is 11.1. The molecule has 0 saturated carbocycles. The zero-order valence-electron chi connectivity index (χ0n) is 12.4. The summed E-state index contributed by atoms with van der Waals surface area (Å²) in [5, 5.41) is 10.5. The largest absolute Gasteiger partial charge is 0.506 e. The third kappa shape index (κ3) is 3.47. The number of benzene rings is 1. The number of halogens is 2. The molecule has 122 valence electrons. The molecule has 23 heavy (non-hydrogen) atoms. The van der Waals surface area contributed by atoms with Crippen LogP contribution >= 0.6 is 23.2 Å². The zero-order valence-corrected chi connectivity index (χ0v) is 13.9. The molecule has 1 aliphatic rings. The Hall–Kier alpha value is -1.69. The second-order valence-corrected chi connectivity index (χ2v) is 6.30. The van der Waals surface area contributed by atoms with Gasteiger partial charge in [-0.25, -0.2) is 0 Å². The van der Waals surface area contributed by atoms with Crippen molar-refractivity contribution in [2.45, 2.75) is 6.54 Å². The molecule has 5 nitrogen and oxygen atoms in total. The van der Waals surface area contributed by atoms with E-state index in [0.29, 0.717) is 35.4 Å². The van der Waals surface area contributed by atoms with Gasteiger partial charge >= 0.3 is 0 Å². The van der Waals surface area contributed by atoms with E-state index in [4.69, 9.17) is 23.2 Å². The summed E-state index contributed by atoms with van der Waals surface area (Å²) in [4.78, 5) is 19.2. The average molecular weight is 354 g/mol. The number of hydrogen-bond acceptors (Lipinski definition) is 3. The minimum absolute atomic E-state index is 0.0167. The monoisotopic (exact) mass is 353 g/mol. The summed E-state index contributed by atoms with van der Waals surface area (Å²) >= 11 is 12.3. The maximum Gasteiger partial charge on any atom is 0.270 e. The number of carbonyl (C=O) groups is 1. The van der Waals surface area contributed by atoms with E-state index in [0.717, 1.165) is 18.7 Å². The standard InChI is InChI=1S/C16H17Cl2N3O2/c17-12-3-4-14(22)15(18)11(12)10-20-6-8-21(9-7-20)16(23)13-2-1-5-19-13/h1-5,19,22H,6-10H2. The van der Waals surface area contributed by atoms with Gasteiger partial charge in [0.25, 0.3) is 5.91 Å². The highest BCUT2D eigenvalue weighted by atomic mass is 35.5. The van der Waals surface area contributed by atoms with Crippen LogP contribution in [-0.4, -0.2) is 52.0 Å². The second-order valence-electron chi connectivity index (χ2n) is 5.51. The van der Waals surface area contributed by atoms with Gasteiger partial charge in [-0.2, -0.15) is 0 Å². The molecular weight excluding hydrogens is 337 g/mol. The molecule has 2 aromatic rings. The van der Waals surface area contributed by atoms with Gasteiger partial charge in [0.2, 0.25) is 0 Å². The lowest BCUT2D eigenvalue weighted by Gasteiger charge is -2.34. The van der Waals surface area contributed by atoms with Crippen LogP contribution in [0.25, 0.3) is 0 Å². The quantitative estimate of drug-likeness (QED) is 0.891. The van der Waals surface area contributed by atoms with Crippen molar-refractivity contribution in [3.63, 3.8) is 0 Å². The third-order valence-corrected chi connectivity index (χ3v) is 4.81. The maximum atomic E-state index is 12.3. The van der Waals surface area contributed by atoms with Crippen LogP contribution in [0.1, 0.15) is 16.1 Å². The van der Waals surface area contributed by atoms with Crippen LogP contribution < -0.4 is 0 Å².